The smallest absolute Gasteiger partial charge is 0.143 e. The third kappa shape index (κ3) is 1.94. The summed E-state index contributed by atoms with van der Waals surface area (Å²) in [7, 11) is 0. The largest absolute Gasteiger partial charge is 0.323 e. The molecule has 0 bridgehead atoms. The Balaban J connectivity index is 2.89. The number of benzene rings is 1. The van der Waals surface area contributed by atoms with Gasteiger partial charge >= 0.3 is 0 Å². The highest BCUT2D eigenvalue weighted by molar-refractivity contribution is 6.31. The molecule has 0 saturated carbocycles. The van der Waals surface area contributed by atoms with Crippen molar-refractivity contribution >= 4 is 28.2 Å². The number of nitrogens with zero attached hydrogens (tertiary/aromatic N) is 1. The molecule has 1 aromatic carbocycles. The predicted octanol–water partition coefficient (Wildman–Crippen LogP) is 3.18. The van der Waals surface area contributed by atoms with Gasteiger partial charge < -0.3 is 5.43 Å². The van der Waals surface area contributed by atoms with Crippen LogP contribution in [0.1, 0.15) is 18.2 Å². The minimum atomic E-state index is -0.474. The second kappa shape index (κ2) is 4.47. The van der Waals surface area contributed by atoms with E-state index in [-0.39, 0.29) is 5.02 Å². The summed E-state index contributed by atoms with van der Waals surface area (Å²) in [6.45, 7) is 3.90. The van der Waals surface area contributed by atoms with E-state index in [4.69, 9.17) is 17.4 Å². The van der Waals surface area contributed by atoms with E-state index < -0.39 is 5.82 Å². The van der Waals surface area contributed by atoms with Crippen molar-refractivity contribution in [1.29, 1.82) is 0 Å². The second-order valence-corrected chi connectivity index (χ2v) is 4.24. The summed E-state index contributed by atoms with van der Waals surface area (Å²) < 4.78 is 13.4. The molecule has 0 aliphatic carbocycles. The minimum absolute atomic E-state index is 0.0710. The van der Waals surface area contributed by atoms with Crippen LogP contribution in [0, 0.1) is 12.7 Å². The van der Waals surface area contributed by atoms with Gasteiger partial charge in [-0.2, -0.15) is 0 Å². The van der Waals surface area contributed by atoms with Gasteiger partial charge in [0.2, 0.25) is 0 Å². The first kappa shape index (κ1) is 12.1. The minimum Gasteiger partial charge on any atom is -0.323 e. The fourth-order valence-corrected chi connectivity index (χ4v) is 2.18. The quantitative estimate of drug-likeness (QED) is 0.638. The first-order chi connectivity index (χ1) is 8.08. The summed E-state index contributed by atoms with van der Waals surface area (Å²) >= 11 is 5.78. The van der Waals surface area contributed by atoms with Crippen LogP contribution in [0.4, 0.5) is 10.1 Å². The first-order valence-electron chi connectivity index (χ1n) is 5.33. The zero-order chi connectivity index (χ0) is 12.6. The van der Waals surface area contributed by atoms with Crippen LogP contribution in [0.15, 0.2) is 12.1 Å². The number of hydrazine groups is 1. The van der Waals surface area contributed by atoms with E-state index >= 15 is 0 Å². The molecule has 2 aromatic rings. The lowest BCUT2D eigenvalue weighted by atomic mass is 10.0. The summed E-state index contributed by atoms with van der Waals surface area (Å²) in [5.41, 5.74) is 5.83. The number of nitrogens with one attached hydrogen (secondary N) is 1. The number of anilines is 1. The Morgan fingerprint density at radius 3 is 2.76 bits per heavy atom. The normalized spacial score (nSPS) is 10.9. The van der Waals surface area contributed by atoms with E-state index in [0.717, 1.165) is 28.8 Å². The number of nitrogen functional groups attached to an aromatic ring is 1. The maximum Gasteiger partial charge on any atom is 0.143 e. The average Bonchev–Trinajstić information content (AvgIpc) is 2.30. The molecule has 3 nitrogen and oxygen atoms in total. The van der Waals surface area contributed by atoms with Crippen molar-refractivity contribution in [3.05, 3.63) is 34.2 Å². The summed E-state index contributed by atoms with van der Waals surface area (Å²) in [5, 5.41) is 0.808. The summed E-state index contributed by atoms with van der Waals surface area (Å²) in [6.07, 6.45) is 0.795. The zero-order valence-corrected chi connectivity index (χ0v) is 10.4. The van der Waals surface area contributed by atoms with Crippen molar-refractivity contribution in [2.75, 3.05) is 5.43 Å². The Kier molecular flexibility index (Phi) is 3.17. The third-order valence-corrected chi connectivity index (χ3v) is 3.12. The Bertz CT molecular complexity index is 584. The fraction of sp³-hybridized carbons (Fsp3) is 0.250. The maximum absolute atomic E-state index is 13.4. The average molecular weight is 254 g/mol. The number of rotatable bonds is 2. The van der Waals surface area contributed by atoms with Crippen molar-refractivity contribution in [3.8, 4) is 0 Å². The van der Waals surface area contributed by atoms with Crippen LogP contribution in [0.25, 0.3) is 10.9 Å². The molecule has 0 atom stereocenters. The van der Waals surface area contributed by atoms with Crippen LogP contribution in [0.2, 0.25) is 5.02 Å². The molecule has 3 N–H and O–H groups in total. The molecule has 0 spiro atoms. The van der Waals surface area contributed by atoms with Gasteiger partial charge in [0.1, 0.15) is 5.82 Å². The number of aryl methyl sites for hydroxylation is 1. The summed E-state index contributed by atoms with van der Waals surface area (Å²) in [5.74, 6) is 5.06. The van der Waals surface area contributed by atoms with Gasteiger partial charge in [0.25, 0.3) is 0 Å². The van der Waals surface area contributed by atoms with Gasteiger partial charge in [-0.3, -0.25) is 10.8 Å². The van der Waals surface area contributed by atoms with Crippen LogP contribution in [-0.2, 0) is 6.42 Å². The van der Waals surface area contributed by atoms with Gasteiger partial charge in [-0.1, -0.05) is 18.5 Å². The van der Waals surface area contributed by atoms with E-state index in [9.17, 15) is 4.39 Å². The molecule has 1 aromatic heterocycles. The van der Waals surface area contributed by atoms with Crippen molar-refractivity contribution in [1.82, 2.24) is 4.98 Å². The van der Waals surface area contributed by atoms with Crippen molar-refractivity contribution < 1.29 is 4.39 Å². The molecule has 0 radical (unpaired) electrons. The highest BCUT2D eigenvalue weighted by atomic mass is 35.5. The van der Waals surface area contributed by atoms with Crippen LogP contribution in [0.5, 0.6) is 0 Å². The molecule has 0 fully saturated rings. The highest BCUT2D eigenvalue weighted by Crippen LogP contribution is 2.31. The Hall–Kier alpha value is -1.39. The monoisotopic (exact) mass is 253 g/mol. The molecule has 5 heteroatoms. The second-order valence-electron chi connectivity index (χ2n) is 3.83. The van der Waals surface area contributed by atoms with Crippen LogP contribution in [0.3, 0.4) is 0 Å². The van der Waals surface area contributed by atoms with Crippen molar-refractivity contribution in [2.24, 2.45) is 5.84 Å². The Morgan fingerprint density at radius 2 is 2.18 bits per heavy atom. The molecular formula is C12H13ClFN3. The molecule has 0 aliphatic rings. The number of halogens is 2. The number of fused-ring (bicyclic) bond motifs is 1. The maximum atomic E-state index is 13.4. The number of pyridine rings is 1. The summed E-state index contributed by atoms with van der Waals surface area (Å²) in [4.78, 5) is 4.36. The standard InChI is InChI=1S/C12H13ClFN3/c1-3-7-6(2)16-11-5-10(14)9(13)4-8(11)12(7)17-15/h4-5H,3,15H2,1-2H3,(H,16,17). The topological polar surface area (TPSA) is 50.9 Å². The lowest BCUT2D eigenvalue weighted by Gasteiger charge is -2.13. The Labute approximate surface area is 104 Å². The van der Waals surface area contributed by atoms with Gasteiger partial charge in [0.05, 0.1) is 16.2 Å². The number of hydrogen-bond donors (Lipinski definition) is 2. The lowest BCUT2D eigenvalue weighted by Crippen LogP contribution is -2.11. The zero-order valence-electron chi connectivity index (χ0n) is 9.64. The van der Waals surface area contributed by atoms with Gasteiger partial charge in [-0.15, -0.1) is 0 Å². The molecule has 0 aliphatic heterocycles. The molecule has 0 saturated heterocycles. The number of nitrogens with two attached hydrogens (primary N) is 1. The van der Waals surface area contributed by atoms with E-state index in [1.54, 1.807) is 6.07 Å². The predicted molar refractivity (Wildman–Crippen MR) is 68.6 cm³/mol. The SMILES string of the molecule is CCc1c(C)nc2cc(F)c(Cl)cc2c1NN. The number of hydrogen-bond acceptors (Lipinski definition) is 3. The molecule has 2 rings (SSSR count). The van der Waals surface area contributed by atoms with Crippen LogP contribution < -0.4 is 11.3 Å². The fourth-order valence-electron chi connectivity index (χ4n) is 2.02. The number of aromatic nitrogens is 1. The van der Waals surface area contributed by atoms with Gasteiger partial charge in [0.15, 0.2) is 0 Å². The van der Waals surface area contributed by atoms with Gasteiger partial charge in [0, 0.05) is 17.1 Å². The molecule has 1 heterocycles. The van der Waals surface area contributed by atoms with Crippen LogP contribution in [-0.4, -0.2) is 4.98 Å². The molecule has 0 unspecified atom stereocenters. The van der Waals surface area contributed by atoms with Crippen molar-refractivity contribution in [2.45, 2.75) is 20.3 Å². The van der Waals surface area contributed by atoms with E-state index in [1.165, 1.54) is 6.07 Å². The highest BCUT2D eigenvalue weighted by Gasteiger charge is 2.13. The lowest BCUT2D eigenvalue weighted by molar-refractivity contribution is 0.630. The van der Waals surface area contributed by atoms with Crippen LogP contribution >= 0.6 is 11.6 Å². The van der Waals surface area contributed by atoms with E-state index in [1.807, 2.05) is 13.8 Å². The molecular weight excluding hydrogens is 241 g/mol. The van der Waals surface area contributed by atoms with Gasteiger partial charge in [-0.05, 0) is 25.0 Å². The molecule has 90 valence electrons. The summed E-state index contributed by atoms with van der Waals surface area (Å²) in [6, 6.07) is 2.87. The molecule has 0 amide bonds. The van der Waals surface area contributed by atoms with Crippen molar-refractivity contribution in [3.63, 3.8) is 0 Å². The molecule has 17 heavy (non-hydrogen) atoms. The van der Waals surface area contributed by atoms with E-state index in [0.29, 0.717) is 5.52 Å². The van der Waals surface area contributed by atoms with E-state index in [2.05, 4.69) is 10.4 Å². The first-order valence-corrected chi connectivity index (χ1v) is 5.71. The third-order valence-electron chi connectivity index (χ3n) is 2.83. The van der Waals surface area contributed by atoms with Gasteiger partial charge in [-0.25, -0.2) is 4.39 Å². The Morgan fingerprint density at radius 1 is 1.47 bits per heavy atom.